The van der Waals surface area contributed by atoms with Crippen LogP contribution in [-0.4, -0.2) is 80.6 Å². The molecule has 0 bridgehead atoms. The van der Waals surface area contributed by atoms with Gasteiger partial charge in [0.1, 0.15) is 0 Å². The number of thiophene rings is 1. The first-order chi connectivity index (χ1) is 14.7. The van der Waals surface area contributed by atoms with E-state index in [4.69, 9.17) is 0 Å². The number of halogens is 1. The molecule has 1 aliphatic heterocycles. The summed E-state index contributed by atoms with van der Waals surface area (Å²) in [6.45, 7) is 8.99. The van der Waals surface area contributed by atoms with E-state index in [-0.39, 0.29) is 24.0 Å². The molecule has 1 N–H and O–H groups in total. The molecule has 5 nitrogen and oxygen atoms in total. The Labute approximate surface area is 209 Å². The van der Waals surface area contributed by atoms with Crippen molar-refractivity contribution in [2.24, 2.45) is 4.99 Å². The third-order valence-electron chi connectivity index (χ3n) is 5.75. The summed E-state index contributed by atoms with van der Waals surface area (Å²) < 4.78 is 0. The molecule has 1 aromatic heterocycles. The molecule has 0 saturated carbocycles. The third-order valence-corrected chi connectivity index (χ3v) is 6.68. The van der Waals surface area contributed by atoms with Gasteiger partial charge in [0, 0.05) is 64.8 Å². The lowest BCUT2D eigenvalue weighted by atomic mass is 10.2. The predicted octanol–water partition coefficient (Wildman–Crippen LogP) is 4.01. The standard InChI is InChI=1S/C24H37N5S.HI/c1-25-24(27(2)15-12-23-11-8-20-30-23)26-13-6-7-14-28-16-18-29(19-17-28)21-22-9-4-3-5-10-22;/h3-5,8-11,20H,6-7,12-19,21H2,1-2H3,(H,25,26);1H. The number of benzene rings is 1. The molecule has 0 spiro atoms. The van der Waals surface area contributed by atoms with E-state index in [0.29, 0.717) is 0 Å². The van der Waals surface area contributed by atoms with E-state index < -0.39 is 0 Å². The number of piperazine rings is 1. The Balaban J connectivity index is 0.00000341. The number of rotatable bonds is 10. The van der Waals surface area contributed by atoms with Gasteiger partial charge in [-0.2, -0.15) is 0 Å². The fourth-order valence-corrected chi connectivity index (χ4v) is 4.59. The van der Waals surface area contributed by atoms with Crippen molar-refractivity contribution in [2.75, 3.05) is 59.9 Å². The Morgan fingerprint density at radius 3 is 2.45 bits per heavy atom. The maximum absolute atomic E-state index is 4.44. The number of aliphatic imine (C=N–C) groups is 1. The number of hydrogen-bond acceptors (Lipinski definition) is 4. The number of nitrogens with one attached hydrogen (secondary N) is 1. The maximum Gasteiger partial charge on any atom is 0.193 e. The summed E-state index contributed by atoms with van der Waals surface area (Å²) in [6.07, 6.45) is 3.49. The summed E-state index contributed by atoms with van der Waals surface area (Å²) in [5.74, 6) is 1.00. The van der Waals surface area contributed by atoms with Crippen molar-refractivity contribution >= 4 is 41.3 Å². The van der Waals surface area contributed by atoms with Crippen LogP contribution >= 0.6 is 35.3 Å². The van der Waals surface area contributed by atoms with Crippen LogP contribution in [0.15, 0.2) is 52.8 Å². The first-order valence-corrected chi connectivity index (χ1v) is 12.1. The van der Waals surface area contributed by atoms with Crippen LogP contribution in [0.5, 0.6) is 0 Å². The number of guanidine groups is 1. The lowest BCUT2D eigenvalue weighted by Gasteiger charge is -2.34. The van der Waals surface area contributed by atoms with Gasteiger partial charge < -0.3 is 15.1 Å². The van der Waals surface area contributed by atoms with E-state index in [9.17, 15) is 0 Å². The zero-order valence-corrected chi connectivity index (χ0v) is 22.1. The van der Waals surface area contributed by atoms with Crippen LogP contribution in [0.1, 0.15) is 23.3 Å². The van der Waals surface area contributed by atoms with Gasteiger partial charge in [0.15, 0.2) is 5.96 Å². The molecule has 0 unspecified atom stereocenters. The minimum absolute atomic E-state index is 0. The average Bonchev–Trinajstić information content (AvgIpc) is 3.30. The summed E-state index contributed by atoms with van der Waals surface area (Å²) in [5.41, 5.74) is 1.42. The smallest absolute Gasteiger partial charge is 0.193 e. The summed E-state index contributed by atoms with van der Waals surface area (Å²) in [6, 6.07) is 15.1. The highest BCUT2D eigenvalue weighted by Gasteiger charge is 2.16. The Kier molecular flexibility index (Phi) is 12.5. The fraction of sp³-hybridized carbons (Fsp3) is 0.542. The van der Waals surface area contributed by atoms with Gasteiger partial charge in [-0.3, -0.25) is 9.89 Å². The second kappa shape index (κ2) is 14.8. The van der Waals surface area contributed by atoms with Crippen LogP contribution in [-0.2, 0) is 13.0 Å². The number of hydrogen-bond donors (Lipinski definition) is 1. The van der Waals surface area contributed by atoms with E-state index in [2.05, 4.69) is 79.9 Å². The minimum atomic E-state index is 0. The van der Waals surface area contributed by atoms with Crippen LogP contribution in [0.3, 0.4) is 0 Å². The van der Waals surface area contributed by atoms with Crippen LogP contribution < -0.4 is 5.32 Å². The molecule has 0 aliphatic carbocycles. The second-order valence-corrected chi connectivity index (χ2v) is 9.07. The summed E-state index contributed by atoms with van der Waals surface area (Å²) >= 11 is 1.83. The van der Waals surface area contributed by atoms with Crippen LogP contribution in [0.25, 0.3) is 0 Å². The van der Waals surface area contributed by atoms with Crippen molar-refractivity contribution in [2.45, 2.75) is 25.8 Å². The van der Waals surface area contributed by atoms with Crippen molar-refractivity contribution in [3.05, 3.63) is 58.3 Å². The van der Waals surface area contributed by atoms with Crippen molar-refractivity contribution in [1.82, 2.24) is 20.0 Å². The molecule has 3 rings (SSSR count). The largest absolute Gasteiger partial charge is 0.356 e. The van der Waals surface area contributed by atoms with Gasteiger partial charge >= 0.3 is 0 Å². The lowest BCUT2D eigenvalue weighted by molar-refractivity contribution is 0.126. The lowest BCUT2D eigenvalue weighted by Crippen LogP contribution is -2.46. The van der Waals surface area contributed by atoms with Crippen molar-refractivity contribution in [3.8, 4) is 0 Å². The fourth-order valence-electron chi connectivity index (χ4n) is 3.90. The molecule has 172 valence electrons. The van der Waals surface area contributed by atoms with Gasteiger partial charge in [-0.15, -0.1) is 35.3 Å². The van der Waals surface area contributed by atoms with Crippen LogP contribution in [0.2, 0.25) is 0 Å². The molecule has 31 heavy (non-hydrogen) atoms. The Hall–Kier alpha value is -1.16. The summed E-state index contributed by atoms with van der Waals surface area (Å²) in [5, 5.41) is 5.67. The Morgan fingerprint density at radius 1 is 1.03 bits per heavy atom. The van der Waals surface area contributed by atoms with Gasteiger partial charge in [-0.25, -0.2) is 0 Å². The van der Waals surface area contributed by atoms with Gasteiger partial charge in [-0.05, 0) is 42.8 Å². The molecular weight excluding hydrogens is 517 g/mol. The predicted molar refractivity (Wildman–Crippen MR) is 145 cm³/mol. The van der Waals surface area contributed by atoms with E-state index in [0.717, 1.165) is 32.0 Å². The molecule has 0 radical (unpaired) electrons. The van der Waals surface area contributed by atoms with Gasteiger partial charge in [0.05, 0.1) is 0 Å². The number of unbranched alkanes of at least 4 members (excludes halogenated alkanes) is 1. The summed E-state index contributed by atoms with van der Waals surface area (Å²) in [4.78, 5) is 13.3. The van der Waals surface area contributed by atoms with E-state index in [1.165, 1.54) is 56.0 Å². The van der Waals surface area contributed by atoms with Crippen LogP contribution in [0, 0.1) is 0 Å². The maximum atomic E-state index is 4.44. The molecule has 0 atom stereocenters. The number of nitrogens with zero attached hydrogens (tertiary/aromatic N) is 4. The van der Waals surface area contributed by atoms with Crippen molar-refractivity contribution < 1.29 is 0 Å². The highest BCUT2D eigenvalue weighted by atomic mass is 127. The highest BCUT2D eigenvalue weighted by Crippen LogP contribution is 2.10. The molecule has 1 aliphatic rings. The first-order valence-electron chi connectivity index (χ1n) is 11.2. The Bertz CT molecular complexity index is 730. The molecule has 2 aromatic rings. The SMILES string of the molecule is CN=C(NCCCCN1CCN(Cc2ccccc2)CC1)N(C)CCc1cccs1.I. The van der Waals surface area contributed by atoms with E-state index in [1.807, 2.05) is 18.4 Å². The third kappa shape index (κ3) is 9.47. The summed E-state index contributed by atoms with van der Waals surface area (Å²) in [7, 11) is 4.00. The van der Waals surface area contributed by atoms with Crippen LogP contribution in [0.4, 0.5) is 0 Å². The highest BCUT2D eigenvalue weighted by molar-refractivity contribution is 14.0. The minimum Gasteiger partial charge on any atom is -0.356 e. The average molecular weight is 556 g/mol. The zero-order chi connectivity index (χ0) is 21.0. The van der Waals surface area contributed by atoms with Gasteiger partial charge in [0.2, 0.25) is 0 Å². The van der Waals surface area contributed by atoms with Gasteiger partial charge in [0.25, 0.3) is 0 Å². The van der Waals surface area contributed by atoms with Gasteiger partial charge in [-0.1, -0.05) is 36.4 Å². The van der Waals surface area contributed by atoms with Crippen molar-refractivity contribution in [3.63, 3.8) is 0 Å². The Morgan fingerprint density at radius 2 is 1.77 bits per heavy atom. The molecule has 0 amide bonds. The van der Waals surface area contributed by atoms with Crippen molar-refractivity contribution in [1.29, 1.82) is 0 Å². The zero-order valence-electron chi connectivity index (χ0n) is 19.0. The van der Waals surface area contributed by atoms with E-state index >= 15 is 0 Å². The molecule has 1 saturated heterocycles. The second-order valence-electron chi connectivity index (χ2n) is 8.04. The normalized spacial score (nSPS) is 15.5. The molecule has 7 heteroatoms. The number of likely N-dealkylation sites (N-methyl/N-ethyl adjacent to an activating group) is 1. The molecule has 1 fully saturated rings. The van der Waals surface area contributed by atoms with E-state index in [1.54, 1.807) is 0 Å². The first kappa shape index (κ1) is 26.1. The quantitative estimate of drug-likeness (QED) is 0.208. The topological polar surface area (TPSA) is 34.1 Å². The monoisotopic (exact) mass is 555 g/mol. The molecule has 1 aromatic carbocycles. The molecule has 2 heterocycles. The molecular formula is C24H38IN5S.